The van der Waals surface area contributed by atoms with Crippen LogP contribution in [0.1, 0.15) is 30.5 Å². The number of thioether (sulfide) groups is 1. The highest BCUT2D eigenvalue weighted by Gasteiger charge is 2.42. The molecule has 2 saturated heterocycles. The van der Waals surface area contributed by atoms with Crippen molar-refractivity contribution in [3.8, 4) is 0 Å². The first-order valence-electron chi connectivity index (χ1n) is 7.79. The largest absolute Gasteiger partial charge is 0.433 e. The summed E-state index contributed by atoms with van der Waals surface area (Å²) in [6.45, 7) is 3.45. The maximum atomic E-state index is 12.4. The molecule has 0 N–H and O–H groups in total. The van der Waals surface area contributed by atoms with Crippen LogP contribution in [-0.2, 0) is 12.6 Å². The van der Waals surface area contributed by atoms with Crippen LogP contribution in [0.4, 0.5) is 13.2 Å². The average molecular weight is 330 g/mol. The molecular formula is C16H21F3N2S. The van der Waals surface area contributed by atoms with Crippen LogP contribution < -0.4 is 0 Å². The Balaban J connectivity index is 1.39. The van der Waals surface area contributed by atoms with E-state index >= 15 is 0 Å². The number of alkyl halides is 3. The van der Waals surface area contributed by atoms with E-state index in [4.69, 9.17) is 0 Å². The monoisotopic (exact) mass is 330 g/mol. The van der Waals surface area contributed by atoms with Gasteiger partial charge in [0.05, 0.1) is 0 Å². The van der Waals surface area contributed by atoms with Gasteiger partial charge in [0.25, 0.3) is 0 Å². The van der Waals surface area contributed by atoms with Crippen molar-refractivity contribution in [3.63, 3.8) is 0 Å². The summed E-state index contributed by atoms with van der Waals surface area (Å²) in [6, 6.07) is 2.62. The first kappa shape index (κ1) is 16.1. The minimum absolute atomic E-state index is 0.584. The van der Waals surface area contributed by atoms with Crippen molar-refractivity contribution in [1.29, 1.82) is 0 Å². The Hall–Kier alpha value is -0.750. The molecule has 0 atom stereocenters. The molecule has 0 bridgehead atoms. The van der Waals surface area contributed by atoms with E-state index in [0.29, 0.717) is 5.41 Å². The van der Waals surface area contributed by atoms with E-state index in [0.717, 1.165) is 31.0 Å². The molecule has 6 heteroatoms. The van der Waals surface area contributed by atoms with Crippen LogP contribution >= 0.6 is 11.8 Å². The summed E-state index contributed by atoms with van der Waals surface area (Å²) in [5.74, 6) is 2.59. The van der Waals surface area contributed by atoms with Gasteiger partial charge in [0, 0.05) is 19.3 Å². The summed E-state index contributed by atoms with van der Waals surface area (Å²) in [5.41, 5.74) is 0.662. The zero-order chi connectivity index (χ0) is 15.6. The topological polar surface area (TPSA) is 16.1 Å². The number of pyridine rings is 1. The first-order valence-corrected chi connectivity index (χ1v) is 8.95. The molecule has 3 heterocycles. The molecule has 2 aliphatic heterocycles. The Labute approximate surface area is 133 Å². The van der Waals surface area contributed by atoms with E-state index in [1.165, 1.54) is 43.6 Å². The van der Waals surface area contributed by atoms with E-state index in [1.54, 1.807) is 6.07 Å². The molecule has 1 aromatic rings. The molecule has 1 spiro atoms. The zero-order valence-electron chi connectivity index (χ0n) is 12.5. The standard InChI is InChI=1S/C16H21F3N2S/c17-16(18,19)14-4-3-13(10-20-14)2-1-7-21-11-15(12-21)5-8-22-9-6-15/h3-4,10H,1-2,5-9,11-12H2. The molecule has 0 aliphatic carbocycles. The third kappa shape index (κ3) is 3.77. The van der Waals surface area contributed by atoms with Gasteiger partial charge >= 0.3 is 6.18 Å². The van der Waals surface area contributed by atoms with Crippen molar-refractivity contribution in [2.24, 2.45) is 5.41 Å². The van der Waals surface area contributed by atoms with Gasteiger partial charge in [-0.25, -0.2) is 0 Å². The van der Waals surface area contributed by atoms with Crippen molar-refractivity contribution >= 4 is 11.8 Å². The number of aromatic nitrogens is 1. The molecule has 2 nitrogen and oxygen atoms in total. The molecule has 22 heavy (non-hydrogen) atoms. The van der Waals surface area contributed by atoms with E-state index in [2.05, 4.69) is 21.6 Å². The summed E-state index contributed by atoms with van der Waals surface area (Å²) >= 11 is 2.06. The summed E-state index contributed by atoms with van der Waals surface area (Å²) in [4.78, 5) is 5.99. The van der Waals surface area contributed by atoms with E-state index < -0.39 is 11.9 Å². The van der Waals surface area contributed by atoms with Gasteiger partial charge in [-0.05, 0) is 60.8 Å². The SMILES string of the molecule is FC(F)(F)c1ccc(CCCN2CC3(CCSCC3)C2)cn1. The van der Waals surface area contributed by atoms with E-state index in [-0.39, 0.29) is 0 Å². The fourth-order valence-electron chi connectivity index (χ4n) is 3.43. The fourth-order valence-corrected chi connectivity index (χ4v) is 4.79. The second-order valence-corrected chi connectivity index (χ2v) is 7.70. The number of rotatable bonds is 4. The fraction of sp³-hybridized carbons (Fsp3) is 0.688. The molecule has 1 aromatic heterocycles. The first-order chi connectivity index (χ1) is 10.5. The highest BCUT2D eigenvalue weighted by atomic mass is 32.2. The van der Waals surface area contributed by atoms with Crippen molar-refractivity contribution < 1.29 is 13.2 Å². The molecule has 0 amide bonds. The lowest BCUT2D eigenvalue weighted by molar-refractivity contribution is -0.141. The van der Waals surface area contributed by atoms with Crippen LogP contribution in [0.3, 0.4) is 0 Å². The zero-order valence-corrected chi connectivity index (χ0v) is 13.3. The van der Waals surface area contributed by atoms with Crippen LogP contribution in [0.15, 0.2) is 18.3 Å². The Kier molecular flexibility index (Phi) is 4.69. The summed E-state index contributed by atoms with van der Waals surface area (Å²) in [7, 11) is 0. The molecule has 2 aliphatic rings. The maximum Gasteiger partial charge on any atom is 0.433 e. The maximum absolute atomic E-state index is 12.4. The quantitative estimate of drug-likeness (QED) is 0.834. The highest BCUT2D eigenvalue weighted by Crippen LogP contribution is 2.42. The van der Waals surface area contributed by atoms with Crippen molar-refractivity contribution in [2.45, 2.75) is 31.9 Å². The smallest absolute Gasteiger partial charge is 0.302 e. The molecular weight excluding hydrogens is 309 g/mol. The van der Waals surface area contributed by atoms with Gasteiger partial charge in [0.1, 0.15) is 5.69 Å². The Morgan fingerprint density at radius 2 is 1.91 bits per heavy atom. The predicted octanol–water partition coefficient (Wildman–Crippen LogP) is 3.86. The second-order valence-electron chi connectivity index (χ2n) is 6.48. The summed E-state index contributed by atoms with van der Waals surface area (Å²) < 4.78 is 37.3. The highest BCUT2D eigenvalue weighted by molar-refractivity contribution is 7.99. The van der Waals surface area contributed by atoms with Crippen LogP contribution in [0.2, 0.25) is 0 Å². The predicted molar refractivity (Wildman–Crippen MR) is 83.0 cm³/mol. The van der Waals surface area contributed by atoms with E-state index in [9.17, 15) is 13.2 Å². The van der Waals surface area contributed by atoms with Gasteiger partial charge in [-0.15, -0.1) is 0 Å². The van der Waals surface area contributed by atoms with Gasteiger partial charge in [-0.2, -0.15) is 24.9 Å². The molecule has 0 radical (unpaired) electrons. The number of nitrogens with zero attached hydrogens (tertiary/aromatic N) is 2. The van der Waals surface area contributed by atoms with Gasteiger partial charge in [0.15, 0.2) is 0 Å². The van der Waals surface area contributed by atoms with Crippen molar-refractivity contribution in [2.75, 3.05) is 31.1 Å². The minimum Gasteiger partial charge on any atom is -0.302 e. The Morgan fingerprint density at radius 3 is 2.50 bits per heavy atom. The molecule has 2 fully saturated rings. The van der Waals surface area contributed by atoms with Gasteiger partial charge in [-0.3, -0.25) is 4.98 Å². The Morgan fingerprint density at radius 1 is 1.18 bits per heavy atom. The molecule has 122 valence electrons. The van der Waals surface area contributed by atoms with Crippen LogP contribution in [0.5, 0.6) is 0 Å². The van der Waals surface area contributed by atoms with Crippen LogP contribution in [-0.4, -0.2) is 41.0 Å². The normalized spacial score (nSPS) is 21.8. The number of hydrogen-bond donors (Lipinski definition) is 0. The molecule has 3 rings (SSSR count). The summed E-state index contributed by atoms with van der Waals surface area (Å²) in [6.07, 6.45) is 1.48. The van der Waals surface area contributed by atoms with E-state index in [1.807, 2.05) is 0 Å². The number of aryl methyl sites for hydroxylation is 1. The summed E-state index contributed by atoms with van der Waals surface area (Å²) in [5, 5.41) is 0. The lowest BCUT2D eigenvalue weighted by atomic mass is 9.74. The lowest BCUT2D eigenvalue weighted by Crippen LogP contribution is -2.57. The number of likely N-dealkylation sites (tertiary alicyclic amines) is 1. The Bertz CT molecular complexity index is 487. The minimum atomic E-state index is -4.34. The second kappa shape index (κ2) is 6.40. The van der Waals surface area contributed by atoms with Crippen LogP contribution in [0.25, 0.3) is 0 Å². The third-order valence-corrected chi connectivity index (χ3v) is 5.71. The molecule has 0 unspecified atom stereocenters. The molecule has 0 aromatic carbocycles. The van der Waals surface area contributed by atoms with Gasteiger partial charge in [0.2, 0.25) is 0 Å². The van der Waals surface area contributed by atoms with Crippen molar-refractivity contribution in [1.82, 2.24) is 9.88 Å². The average Bonchev–Trinajstić information content (AvgIpc) is 2.46. The lowest BCUT2D eigenvalue weighted by Gasteiger charge is -2.52. The molecule has 0 saturated carbocycles. The number of halogens is 3. The third-order valence-electron chi connectivity index (χ3n) is 4.73. The van der Waals surface area contributed by atoms with Crippen LogP contribution in [0, 0.1) is 5.41 Å². The number of hydrogen-bond acceptors (Lipinski definition) is 3. The van der Waals surface area contributed by atoms with Gasteiger partial charge in [-0.1, -0.05) is 6.07 Å². The van der Waals surface area contributed by atoms with Gasteiger partial charge < -0.3 is 4.90 Å². The van der Waals surface area contributed by atoms with Crippen molar-refractivity contribution in [3.05, 3.63) is 29.6 Å².